The molecule has 206 valence electrons. The van der Waals surface area contributed by atoms with Crippen LogP contribution >= 0.6 is 0 Å². The minimum Gasteiger partial charge on any atom is -0.462 e. The van der Waals surface area contributed by atoms with E-state index in [2.05, 4.69) is 47.6 Å². The summed E-state index contributed by atoms with van der Waals surface area (Å²) in [5, 5.41) is 0. The molecule has 0 spiro atoms. The van der Waals surface area contributed by atoms with E-state index in [-0.39, 0.29) is 12.1 Å². The largest absolute Gasteiger partial charge is 0.462 e. The van der Waals surface area contributed by atoms with Crippen LogP contribution in [0.15, 0.2) is 11.6 Å². The standard InChI is InChI=1S/C33H56O3/c1-8-24(22(2)3)10-9-23(4)28-13-14-29-27-12-11-25-21-26(36-31(34)17-20-35-7)15-18-32(25,5)30(27)16-19-33(28,29)6/h11,22-24,26-30H,8-10,12-21H2,1-7H3/t23-,24-,26+,27+,28-,29+,30+,32+,33-/m1/s1. The van der Waals surface area contributed by atoms with Crippen LogP contribution < -0.4 is 0 Å². The number of hydrogen-bond donors (Lipinski definition) is 0. The number of allylic oxidation sites excluding steroid dienone is 1. The first-order valence-electron chi connectivity index (χ1n) is 15.5. The molecule has 0 amide bonds. The lowest BCUT2D eigenvalue weighted by atomic mass is 9.47. The summed E-state index contributed by atoms with van der Waals surface area (Å²) in [6.45, 7) is 15.5. The van der Waals surface area contributed by atoms with E-state index in [9.17, 15) is 4.79 Å². The number of hydrogen-bond acceptors (Lipinski definition) is 3. The molecule has 3 nitrogen and oxygen atoms in total. The summed E-state index contributed by atoms with van der Waals surface area (Å²) in [6.07, 6.45) is 17.3. The average Bonchev–Trinajstić information content (AvgIpc) is 3.20. The van der Waals surface area contributed by atoms with Crippen molar-refractivity contribution < 1.29 is 14.3 Å². The number of methoxy groups -OCH3 is 1. The highest BCUT2D eigenvalue weighted by Crippen LogP contribution is 2.67. The lowest BCUT2D eigenvalue weighted by Gasteiger charge is -2.58. The van der Waals surface area contributed by atoms with Gasteiger partial charge < -0.3 is 9.47 Å². The molecule has 3 saturated carbocycles. The highest BCUT2D eigenvalue weighted by Gasteiger charge is 2.59. The lowest BCUT2D eigenvalue weighted by Crippen LogP contribution is -2.51. The first-order valence-corrected chi connectivity index (χ1v) is 15.5. The van der Waals surface area contributed by atoms with Gasteiger partial charge >= 0.3 is 5.97 Å². The summed E-state index contributed by atoms with van der Waals surface area (Å²) in [6, 6.07) is 0. The van der Waals surface area contributed by atoms with Crippen molar-refractivity contribution in [1.82, 2.24) is 0 Å². The van der Waals surface area contributed by atoms with Crippen molar-refractivity contribution in [3.63, 3.8) is 0 Å². The molecule has 0 unspecified atom stereocenters. The van der Waals surface area contributed by atoms with Crippen molar-refractivity contribution >= 4 is 5.97 Å². The molecule has 3 fully saturated rings. The van der Waals surface area contributed by atoms with Crippen LogP contribution in [-0.2, 0) is 14.3 Å². The predicted octanol–water partition coefficient (Wildman–Crippen LogP) is 8.61. The van der Waals surface area contributed by atoms with E-state index in [0.717, 1.165) is 54.3 Å². The van der Waals surface area contributed by atoms with Crippen molar-refractivity contribution in [1.29, 1.82) is 0 Å². The third-order valence-electron chi connectivity index (χ3n) is 12.1. The van der Waals surface area contributed by atoms with E-state index in [1.165, 1.54) is 57.8 Å². The Balaban J connectivity index is 1.41. The average molecular weight is 501 g/mol. The van der Waals surface area contributed by atoms with Crippen LogP contribution in [0.3, 0.4) is 0 Å². The van der Waals surface area contributed by atoms with Crippen molar-refractivity contribution in [3.8, 4) is 0 Å². The van der Waals surface area contributed by atoms with E-state index < -0.39 is 0 Å². The van der Waals surface area contributed by atoms with Gasteiger partial charge in [-0.1, -0.05) is 66.0 Å². The first-order chi connectivity index (χ1) is 17.1. The molecule has 0 saturated heterocycles. The number of rotatable bonds is 10. The summed E-state index contributed by atoms with van der Waals surface area (Å²) in [5.41, 5.74) is 2.45. The number of esters is 1. The molecule has 36 heavy (non-hydrogen) atoms. The van der Waals surface area contributed by atoms with Crippen LogP contribution in [0.5, 0.6) is 0 Å². The maximum Gasteiger partial charge on any atom is 0.308 e. The normalized spacial score (nSPS) is 39.6. The summed E-state index contributed by atoms with van der Waals surface area (Å²) in [4.78, 5) is 12.2. The van der Waals surface area contributed by atoms with Gasteiger partial charge in [-0.15, -0.1) is 0 Å². The monoisotopic (exact) mass is 500 g/mol. The van der Waals surface area contributed by atoms with E-state index in [4.69, 9.17) is 9.47 Å². The maximum absolute atomic E-state index is 12.2. The Morgan fingerprint density at radius 1 is 1.06 bits per heavy atom. The SMILES string of the molecule is CC[C@H](CC[C@@H](C)[C@H]1CC[C@H]2[C@@H]3CC=C4C[C@@H](OC(=O)CCOC)CC[C@]4(C)[C@H]3CC[C@]12C)C(C)C. The van der Waals surface area contributed by atoms with Gasteiger partial charge in [0, 0.05) is 13.5 Å². The molecular formula is C33H56O3. The molecule has 4 aliphatic rings. The van der Waals surface area contributed by atoms with Gasteiger partial charge in [0.25, 0.3) is 0 Å². The molecule has 4 rings (SSSR count). The maximum atomic E-state index is 12.2. The van der Waals surface area contributed by atoms with E-state index >= 15 is 0 Å². The zero-order valence-corrected chi connectivity index (χ0v) is 24.6. The molecule has 0 N–H and O–H groups in total. The van der Waals surface area contributed by atoms with E-state index in [1.54, 1.807) is 12.7 Å². The number of ether oxygens (including phenoxy) is 2. The molecule has 9 atom stereocenters. The van der Waals surface area contributed by atoms with Gasteiger partial charge in [0.05, 0.1) is 13.0 Å². The molecule has 0 aromatic carbocycles. The Morgan fingerprint density at radius 3 is 2.53 bits per heavy atom. The second-order valence-corrected chi connectivity index (χ2v) is 14.1. The Labute approximate surface area is 222 Å². The highest BCUT2D eigenvalue weighted by molar-refractivity contribution is 5.69. The van der Waals surface area contributed by atoms with Gasteiger partial charge in [0.2, 0.25) is 0 Å². The predicted molar refractivity (Wildman–Crippen MR) is 149 cm³/mol. The fourth-order valence-electron chi connectivity index (χ4n) is 9.82. The smallest absolute Gasteiger partial charge is 0.308 e. The van der Waals surface area contributed by atoms with E-state index in [0.29, 0.717) is 23.9 Å². The topological polar surface area (TPSA) is 35.5 Å². The van der Waals surface area contributed by atoms with Crippen molar-refractivity contribution in [2.45, 2.75) is 125 Å². The number of carbonyl (C=O) groups excluding carboxylic acids is 1. The molecule has 0 aromatic heterocycles. The summed E-state index contributed by atoms with van der Waals surface area (Å²) in [5.74, 6) is 5.95. The summed E-state index contributed by atoms with van der Waals surface area (Å²) in [7, 11) is 1.64. The molecule has 0 aliphatic heterocycles. The van der Waals surface area contributed by atoms with Gasteiger partial charge in [0.15, 0.2) is 0 Å². The number of carbonyl (C=O) groups is 1. The molecular weight excluding hydrogens is 444 g/mol. The van der Waals surface area contributed by atoms with Crippen LogP contribution in [0, 0.1) is 52.3 Å². The van der Waals surface area contributed by atoms with Gasteiger partial charge in [-0.05, 0) is 104 Å². The Bertz CT molecular complexity index is 786. The molecule has 0 radical (unpaired) electrons. The van der Waals surface area contributed by atoms with Crippen LogP contribution in [-0.4, -0.2) is 25.8 Å². The van der Waals surface area contributed by atoms with Crippen LogP contribution in [0.1, 0.15) is 119 Å². The van der Waals surface area contributed by atoms with Gasteiger partial charge in [0.1, 0.15) is 6.10 Å². The van der Waals surface area contributed by atoms with Gasteiger partial charge in [-0.25, -0.2) is 0 Å². The second kappa shape index (κ2) is 11.5. The molecule has 0 aromatic rings. The zero-order valence-electron chi connectivity index (χ0n) is 24.6. The summed E-state index contributed by atoms with van der Waals surface area (Å²) < 4.78 is 10.9. The van der Waals surface area contributed by atoms with Gasteiger partial charge in [-0.2, -0.15) is 0 Å². The summed E-state index contributed by atoms with van der Waals surface area (Å²) >= 11 is 0. The quantitative estimate of drug-likeness (QED) is 0.222. The van der Waals surface area contributed by atoms with Crippen LogP contribution in [0.4, 0.5) is 0 Å². The Morgan fingerprint density at radius 2 is 1.83 bits per heavy atom. The lowest BCUT2D eigenvalue weighted by molar-refractivity contribution is -0.152. The zero-order chi connectivity index (χ0) is 26.1. The van der Waals surface area contributed by atoms with Crippen molar-refractivity contribution in [3.05, 3.63) is 11.6 Å². The molecule has 0 heterocycles. The molecule has 0 bridgehead atoms. The fourth-order valence-corrected chi connectivity index (χ4v) is 9.82. The Kier molecular flexibility index (Phi) is 9.01. The molecule has 3 heteroatoms. The van der Waals surface area contributed by atoms with Crippen molar-refractivity contribution in [2.75, 3.05) is 13.7 Å². The van der Waals surface area contributed by atoms with Crippen LogP contribution in [0.25, 0.3) is 0 Å². The third kappa shape index (κ3) is 5.34. The fraction of sp³-hybridized carbons (Fsp3) is 0.909. The van der Waals surface area contributed by atoms with Crippen molar-refractivity contribution in [2.24, 2.45) is 52.3 Å². The van der Waals surface area contributed by atoms with E-state index in [1.807, 2.05) is 0 Å². The highest BCUT2D eigenvalue weighted by atomic mass is 16.5. The third-order valence-corrected chi connectivity index (χ3v) is 12.1. The first kappa shape index (κ1) is 28.2. The van der Waals surface area contributed by atoms with Gasteiger partial charge in [-0.3, -0.25) is 4.79 Å². The molecule has 4 aliphatic carbocycles. The minimum atomic E-state index is -0.0991. The Hall–Kier alpha value is -0.830. The number of fused-ring (bicyclic) bond motifs is 5. The second-order valence-electron chi connectivity index (χ2n) is 14.1. The van der Waals surface area contributed by atoms with Crippen LogP contribution in [0.2, 0.25) is 0 Å². The minimum absolute atomic E-state index is 0.0635.